The molecule has 0 heterocycles. The van der Waals surface area contributed by atoms with E-state index in [-0.39, 0.29) is 24.2 Å². The van der Waals surface area contributed by atoms with Gasteiger partial charge in [-0.15, -0.1) is 13.2 Å². The van der Waals surface area contributed by atoms with Crippen LogP contribution >= 0.6 is 0 Å². The van der Waals surface area contributed by atoms with Crippen molar-refractivity contribution < 1.29 is 22.7 Å². The van der Waals surface area contributed by atoms with Gasteiger partial charge in [0, 0.05) is 12.6 Å². The molecular formula is C13H17F3N2O2. The van der Waals surface area contributed by atoms with E-state index >= 15 is 0 Å². The highest BCUT2D eigenvalue weighted by molar-refractivity contribution is 5.78. The van der Waals surface area contributed by atoms with E-state index in [0.29, 0.717) is 6.54 Å². The molecule has 0 aromatic heterocycles. The van der Waals surface area contributed by atoms with Crippen LogP contribution in [0.1, 0.15) is 19.4 Å². The Labute approximate surface area is 115 Å². The summed E-state index contributed by atoms with van der Waals surface area (Å²) in [4.78, 5) is 11.3. The second-order valence-electron chi connectivity index (χ2n) is 4.52. The van der Waals surface area contributed by atoms with Crippen molar-refractivity contribution in [3.05, 3.63) is 29.8 Å². The van der Waals surface area contributed by atoms with Crippen molar-refractivity contribution >= 4 is 5.91 Å². The van der Waals surface area contributed by atoms with Gasteiger partial charge < -0.3 is 15.4 Å². The Morgan fingerprint density at radius 3 is 2.35 bits per heavy atom. The molecule has 2 N–H and O–H groups in total. The summed E-state index contributed by atoms with van der Waals surface area (Å²) in [6.07, 6.45) is -4.69. The average Bonchev–Trinajstić information content (AvgIpc) is 2.28. The molecule has 0 saturated heterocycles. The summed E-state index contributed by atoms with van der Waals surface area (Å²) in [5.41, 5.74) is 0.761. The van der Waals surface area contributed by atoms with E-state index in [1.54, 1.807) is 0 Å². The third-order valence-electron chi connectivity index (χ3n) is 2.22. The van der Waals surface area contributed by atoms with Crippen LogP contribution in [0.2, 0.25) is 0 Å². The minimum Gasteiger partial charge on any atom is -0.406 e. The first-order valence-electron chi connectivity index (χ1n) is 6.11. The second-order valence-corrected chi connectivity index (χ2v) is 4.52. The molecule has 0 bridgehead atoms. The van der Waals surface area contributed by atoms with E-state index < -0.39 is 6.36 Å². The van der Waals surface area contributed by atoms with Crippen LogP contribution < -0.4 is 15.4 Å². The van der Waals surface area contributed by atoms with Crippen LogP contribution in [-0.4, -0.2) is 24.9 Å². The molecule has 1 rings (SSSR count). The Hall–Kier alpha value is -1.76. The lowest BCUT2D eigenvalue weighted by Gasteiger charge is -2.10. The molecule has 0 unspecified atom stereocenters. The number of halogens is 3. The van der Waals surface area contributed by atoms with Gasteiger partial charge in [-0.1, -0.05) is 12.1 Å². The number of ether oxygens (including phenoxy) is 1. The number of rotatable bonds is 6. The van der Waals surface area contributed by atoms with Crippen LogP contribution in [0.15, 0.2) is 24.3 Å². The van der Waals surface area contributed by atoms with Crippen molar-refractivity contribution in [2.24, 2.45) is 0 Å². The van der Waals surface area contributed by atoms with E-state index in [2.05, 4.69) is 15.4 Å². The molecule has 7 heteroatoms. The predicted octanol–water partition coefficient (Wildman–Crippen LogP) is 2.20. The van der Waals surface area contributed by atoms with E-state index in [0.717, 1.165) is 5.56 Å². The summed E-state index contributed by atoms with van der Waals surface area (Å²) >= 11 is 0. The van der Waals surface area contributed by atoms with Gasteiger partial charge in [0.25, 0.3) is 0 Å². The highest BCUT2D eigenvalue weighted by Gasteiger charge is 2.30. The molecule has 0 radical (unpaired) electrons. The number of benzene rings is 1. The largest absolute Gasteiger partial charge is 0.573 e. The summed E-state index contributed by atoms with van der Waals surface area (Å²) in [6.45, 7) is 4.26. The summed E-state index contributed by atoms with van der Waals surface area (Å²) in [5.74, 6) is -0.393. The zero-order valence-electron chi connectivity index (χ0n) is 11.3. The molecular weight excluding hydrogens is 273 g/mol. The van der Waals surface area contributed by atoms with Gasteiger partial charge in [0.15, 0.2) is 0 Å². The normalized spacial score (nSPS) is 11.5. The lowest BCUT2D eigenvalue weighted by Crippen LogP contribution is -2.37. The third kappa shape index (κ3) is 6.98. The lowest BCUT2D eigenvalue weighted by molar-refractivity contribution is -0.274. The van der Waals surface area contributed by atoms with Crippen LogP contribution in [0.3, 0.4) is 0 Å². The number of hydrogen-bond acceptors (Lipinski definition) is 3. The molecule has 0 spiro atoms. The first-order chi connectivity index (χ1) is 9.26. The molecule has 0 saturated carbocycles. The molecule has 4 nitrogen and oxygen atoms in total. The summed E-state index contributed by atoms with van der Waals surface area (Å²) in [6, 6.07) is 5.56. The van der Waals surface area contributed by atoms with Crippen molar-refractivity contribution in [1.29, 1.82) is 0 Å². The number of alkyl halides is 3. The Bertz CT molecular complexity index is 430. The molecule has 112 valence electrons. The topological polar surface area (TPSA) is 50.4 Å². The van der Waals surface area contributed by atoms with Crippen LogP contribution in [0.25, 0.3) is 0 Å². The van der Waals surface area contributed by atoms with Crippen molar-refractivity contribution in [3.8, 4) is 5.75 Å². The fraction of sp³-hybridized carbons (Fsp3) is 0.462. The van der Waals surface area contributed by atoms with Gasteiger partial charge >= 0.3 is 6.36 Å². The van der Waals surface area contributed by atoms with Crippen LogP contribution in [-0.2, 0) is 11.3 Å². The molecule has 0 aliphatic heterocycles. The SMILES string of the molecule is CC(C)NC(=O)CNCc1ccc(OC(F)(F)F)cc1. The molecule has 1 amide bonds. The summed E-state index contributed by atoms with van der Waals surface area (Å²) in [7, 11) is 0. The van der Waals surface area contributed by atoms with Crippen molar-refractivity contribution in [3.63, 3.8) is 0 Å². The van der Waals surface area contributed by atoms with Gasteiger partial charge in [0.1, 0.15) is 5.75 Å². The smallest absolute Gasteiger partial charge is 0.406 e. The third-order valence-corrected chi connectivity index (χ3v) is 2.22. The highest BCUT2D eigenvalue weighted by atomic mass is 19.4. The zero-order valence-corrected chi connectivity index (χ0v) is 11.3. The van der Waals surface area contributed by atoms with Gasteiger partial charge in [-0.2, -0.15) is 0 Å². The molecule has 0 aliphatic carbocycles. The predicted molar refractivity (Wildman–Crippen MR) is 68.1 cm³/mol. The van der Waals surface area contributed by atoms with Crippen molar-refractivity contribution in [2.45, 2.75) is 32.8 Å². The van der Waals surface area contributed by atoms with E-state index in [1.165, 1.54) is 24.3 Å². The Balaban J connectivity index is 2.37. The standard InChI is InChI=1S/C13H17F3N2O2/c1-9(2)18-12(19)8-17-7-10-3-5-11(6-4-10)20-13(14,15)16/h3-6,9,17H,7-8H2,1-2H3,(H,18,19). The monoisotopic (exact) mass is 290 g/mol. The van der Waals surface area contributed by atoms with Gasteiger partial charge in [-0.3, -0.25) is 4.79 Å². The van der Waals surface area contributed by atoms with Gasteiger partial charge in [0.05, 0.1) is 6.54 Å². The average molecular weight is 290 g/mol. The van der Waals surface area contributed by atoms with Crippen molar-refractivity contribution in [2.75, 3.05) is 6.54 Å². The minimum absolute atomic E-state index is 0.0723. The molecule has 0 atom stereocenters. The Morgan fingerprint density at radius 1 is 1.25 bits per heavy atom. The first-order valence-corrected chi connectivity index (χ1v) is 6.11. The van der Waals surface area contributed by atoms with E-state index in [1.807, 2.05) is 13.8 Å². The summed E-state index contributed by atoms with van der Waals surface area (Å²) in [5, 5.41) is 5.62. The maximum Gasteiger partial charge on any atom is 0.573 e. The fourth-order valence-corrected chi connectivity index (χ4v) is 1.50. The van der Waals surface area contributed by atoms with E-state index in [9.17, 15) is 18.0 Å². The quantitative estimate of drug-likeness (QED) is 0.844. The number of amides is 1. The number of hydrogen-bond donors (Lipinski definition) is 2. The Morgan fingerprint density at radius 2 is 1.85 bits per heavy atom. The first kappa shape index (κ1) is 16.3. The van der Waals surface area contributed by atoms with Crippen LogP contribution in [0, 0.1) is 0 Å². The molecule has 1 aromatic carbocycles. The van der Waals surface area contributed by atoms with Crippen LogP contribution in [0.4, 0.5) is 13.2 Å². The highest BCUT2D eigenvalue weighted by Crippen LogP contribution is 2.22. The van der Waals surface area contributed by atoms with E-state index in [4.69, 9.17) is 0 Å². The van der Waals surface area contributed by atoms with Crippen molar-refractivity contribution in [1.82, 2.24) is 10.6 Å². The number of carbonyl (C=O) groups excluding carboxylic acids is 1. The zero-order chi connectivity index (χ0) is 15.2. The molecule has 20 heavy (non-hydrogen) atoms. The maximum absolute atomic E-state index is 12.0. The lowest BCUT2D eigenvalue weighted by atomic mass is 10.2. The van der Waals surface area contributed by atoms with Crippen LogP contribution in [0.5, 0.6) is 5.75 Å². The molecule has 1 aromatic rings. The number of nitrogens with one attached hydrogen (secondary N) is 2. The maximum atomic E-state index is 12.0. The Kier molecular flexibility index (Phi) is 5.82. The fourth-order valence-electron chi connectivity index (χ4n) is 1.50. The molecule has 0 aliphatic rings. The summed E-state index contributed by atoms with van der Waals surface area (Å²) < 4.78 is 39.6. The number of carbonyl (C=O) groups is 1. The minimum atomic E-state index is -4.69. The molecule has 0 fully saturated rings. The second kappa shape index (κ2) is 7.14. The van der Waals surface area contributed by atoms with Gasteiger partial charge in [-0.25, -0.2) is 0 Å². The van der Waals surface area contributed by atoms with Gasteiger partial charge in [-0.05, 0) is 31.5 Å². The van der Waals surface area contributed by atoms with Gasteiger partial charge in [0.2, 0.25) is 5.91 Å².